The summed E-state index contributed by atoms with van der Waals surface area (Å²) in [5, 5.41) is 7.52. The Morgan fingerprint density at radius 1 is 1.53 bits per heavy atom. The van der Waals surface area contributed by atoms with Gasteiger partial charge in [0.15, 0.2) is 0 Å². The van der Waals surface area contributed by atoms with Gasteiger partial charge >= 0.3 is 0 Å². The third-order valence-electron chi connectivity index (χ3n) is 2.20. The van der Waals surface area contributed by atoms with E-state index in [2.05, 4.69) is 40.2 Å². The number of rotatable bonds is 3. The minimum Gasteiger partial charge on any atom is -0.322 e. The summed E-state index contributed by atoms with van der Waals surface area (Å²) in [6, 6.07) is 0.304. The van der Waals surface area contributed by atoms with E-state index in [1.54, 1.807) is 0 Å². The van der Waals surface area contributed by atoms with Crippen LogP contribution < -0.4 is 5.32 Å². The zero-order chi connectivity index (χ0) is 11.6. The molecule has 84 valence electrons. The van der Waals surface area contributed by atoms with Crippen molar-refractivity contribution in [2.24, 2.45) is 0 Å². The van der Waals surface area contributed by atoms with E-state index in [9.17, 15) is 4.79 Å². The van der Waals surface area contributed by atoms with E-state index >= 15 is 0 Å². The minimum atomic E-state index is -0.0514. The van der Waals surface area contributed by atoms with Crippen molar-refractivity contribution in [1.29, 1.82) is 0 Å². The molecular weight excluding hydrogens is 258 g/mol. The van der Waals surface area contributed by atoms with Gasteiger partial charge in [-0.15, -0.1) is 0 Å². The number of alkyl halides is 1. The van der Waals surface area contributed by atoms with Gasteiger partial charge in [-0.3, -0.25) is 9.48 Å². The predicted molar refractivity (Wildman–Crippen MR) is 64.5 cm³/mol. The number of aromatic nitrogens is 2. The average molecular weight is 274 g/mol. The molecule has 1 heterocycles. The molecule has 0 atom stereocenters. The Balaban J connectivity index is 3.03. The number of halogens is 1. The number of hydrogen-bond donors (Lipinski definition) is 1. The number of amides is 1. The summed E-state index contributed by atoms with van der Waals surface area (Å²) in [5.41, 5.74) is 2.68. The molecule has 1 aromatic rings. The lowest BCUT2D eigenvalue weighted by Crippen LogP contribution is -2.14. The summed E-state index contributed by atoms with van der Waals surface area (Å²) >= 11 is 3.12. The Morgan fingerprint density at radius 3 is 2.53 bits per heavy atom. The standard InChI is InChI=1S/C10H16BrN3O/c1-6(2)14-8(4)10(7(3)13-14)12-9(15)5-11/h6H,5H2,1-4H3,(H,12,15). The maximum atomic E-state index is 11.3. The summed E-state index contributed by atoms with van der Waals surface area (Å²) in [7, 11) is 0. The lowest BCUT2D eigenvalue weighted by molar-refractivity contribution is -0.113. The number of aryl methyl sites for hydroxylation is 1. The van der Waals surface area contributed by atoms with Crippen molar-refractivity contribution in [3.8, 4) is 0 Å². The molecule has 1 aromatic heterocycles. The molecule has 0 saturated carbocycles. The third-order valence-corrected chi connectivity index (χ3v) is 2.71. The van der Waals surface area contributed by atoms with Gasteiger partial charge in [0.05, 0.1) is 22.4 Å². The molecule has 4 nitrogen and oxygen atoms in total. The van der Waals surface area contributed by atoms with Crippen LogP contribution in [-0.2, 0) is 4.79 Å². The van der Waals surface area contributed by atoms with Crippen LogP contribution in [-0.4, -0.2) is 21.0 Å². The zero-order valence-corrected chi connectivity index (χ0v) is 11.1. The van der Waals surface area contributed by atoms with Gasteiger partial charge in [0.2, 0.25) is 5.91 Å². The van der Waals surface area contributed by atoms with E-state index in [1.807, 2.05) is 18.5 Å². The van der Waals surface area contributed by atoms with Gasteiger partial charge < -0.3 is 5.32 Å². The first kappa shape index (κ1) is 12.2. The highest BCUT2D eigenvalue weighted by Crippen LogP contribution is 2.22. The van der Waals surface area contributed by atoms with E-state index in [-0.39, 0.29) is 5.91 Å². The van der Waals surface area contributed by atoms with Crippen molar-refractivity contribution in [1.82, 2.24) is 9.78 Å². The van der Waals surface area contributed by atoms with Crippen molar-refractivity contribution < 1.29 is 4.79 Å². The molecule has 0 aliphatic rings. The average Bonchev–Trinajstić information content (AvgIpc) is 2.45. The number of nitrogens with one attached hydrogen (secondary N) is 1. The molecular formula is C10H16BrN3O. The molecule has 0 aromatic carbocycles. The van der Waals surface area contributed by atoms with Gasteiger partial charge in [0.1, 0.15) is 0 Å². The Kier molecular flexibility index (Phi) is 3.90. The van der Waals surface area contributed by atoms with E-state index < -0.39 is 0 Å². The largest absolute Gasteiger partial charge is 0.322 e. The fourth-order valence-electron chi connectivity index (χ4n) is 1.52. The van der Waals surface area contributed by atoms with Gasteiger partial charge in [-0.05, 0) is 27.7 Å². The van der Waals surface area contributed by atoms with Crippen molar-refractivity contribution in [2.75, 3.05) is 10.6 Å². The maximum absolute atomic E-state index is 11.3. The molecule has 0 unspecified atom stereocenters. The van der Waals surface area contributed by atoms with Crippen molar-refractivity contribution in [2.45, 2.75) is 33.7 Å². The highest BCUT2D eigenvalue weighted by Gasteiger charge is 2.14. The molecule has 1 amide bonds. The number of nitrogens with zero attached hydrogens (tertiary/aromatic N) is 2. The molecule has 0 bridgehead atoms. The second-order valence-corrected chi connectivity index (χ2v) is 4.33. The molecule has 0 spiro atoms. The first-order valence-corrected chi connectivity index (χ1v) is 6.01. The summed E-state index contributed by atoms with van der Waals surface area (Å²) < 4.78 is 1.92. The molecule has 1 rings (SSSR count). The third kappa shape index (κ3) is 2.59. The van der Waals surface area contributed by atoms with Crippen LogP contribution in [0.1, 0.15) is 31.3 Å². The fourth-order valence-corrected chi connectivity index (χ4v) is 1.66. The van der Waals surface area contributed by atoms with E-state index in [1.165, 1.54) is 0 Å². The van der Waals surface area contributed by atoms with E-state index in [0.717, 1.165) is 17.1 Å². The first-order chi connectivity index (χ1) is 6.97. The van der Waals surface area contributed by atoms with Crippen LogP contribution in [0.15, 0.2) is 0 Å². The normalized spacial score (nSPS) is 10.8. The van der Waals surface area contributed by atoms with Crippen LogP contribution >= 0.6 is 15.9 Å². The lowest BCUT2D eigenvalue weighted by Gasteiger charge is -2.08. The molecule has 0 fully saturated rings. The Labute approximate surface area is 98.2 Å². The van der Waals surface area contributed by atoms with Crippen LogP contribution in [0.25, 0.3) is 0 Å². The fraction of sp³-hybridized carbons (Fsp3) is 0.600. The number of carbonyl (C=O) groups excluding carboxylic acids is 1. The van der Waals surface area contributed by atoms with Gasteiger partial charge in [-0.2, -0.15) is 5.10 Å². The molecule has 0 aliphatic heterocycles. The van der Waals surface area contributed by atoms with Gasteiger partial charge in [-0.1, -0.05) is 15.9 Å². The van der Waals surface area contributed by atoms with Crippen LogP contribution in [0.5, 0.6) is 0 Å². The highest BCUT2D eigenvalue weighted by atomic mass is 79.9. The van der Waals surface area contributed by atoms with E-state index in [4.69, 9.17) is 0 Å². The van der Waals surface area contributed by atoms with Crippen molar-refractivity contribution in [3.63, 3.8) is 0 Å². The summed E-state index contributed by atoms with van der Waals surface area (Å²) in [6.07, 6.45) is 0. The lowest BCUT2D eigenvalue weighted by atomic mass is 10.3. The monoisotopic (exact) mass is 273 g/mol. The van der Waals surface area contributed by atoms with E-state index in [0.29, 0.717) is 11.4 Å². The smallest absolute Gasteiger partial charge is 0.235 e. The molecule has 5 heteroatoms. The maximum Gasteiger partial charge on any atom is 0.235 e. The second-order valence-electron chi connectivity index (χ2n) is 3.77. The number of anilines is 1. The first-order valence-electron chi connectivity index (χ1n) is 4.89. The summed E-state index contributed by atoms with van der Waals surface area (Å²) in [4.78, 5) is 11.3. The molecule has 0 saturated heterocycles. The van der Waals surface area contributed by atoms with Crippen LogP contribution in [0, 0.1) is 13.8 Å². The van der Waals surface area contributed by atoms with Crippen molar-refractivity contribution in [3.05, 3.63) is 11.4 Å². The van der Waals surface area contributed by atoms with Gasteiger partial charge in [0.25, 0.3) is 0 Å². The van der Waals surface area contributed by atoms with Crippen LogP contribution in [0.2, 0.25) is 0 Å². The zero-order valence-electron chi connectivity index (χ0n) is 9.47. The Hall–Kier alpha value is -0.840. The minimum absolute atomic E-state index is 0.0514. The molecule has 1 N–H and O–H groups in total. The quantitative estimate of drug-likeness (QED) is 0.860. The van der Waals surface area contributed by atoms with Crippen LogP contribution in [0.3, 0.4) is 0 Å². The van der Waals surface area contributed by atoms with Crippen molar-refractivity contribution >= 4 is 27.5 Å². The topological polar surface area (TPSA) is 46.9 Å². The predicted octanol–water partition coefficient (Wildman–Crippen LogP) is 2.41. The molecule has 15 heavy (non-hydrogen) atoms. The van der Waals surface area contributed by atoms with Gasteiger partial charge in [0, 0.05) is 6.04 Å². The van der Waals surface area contributed by atoms with Gasteiger partial charge in [-0.25, -0.2) is 0 Å². The number of carbonyl (C=O) groups is 1. The Morgan fingerprint density at radius 2 is 2.13 bits per heavy atom. The summed E-state index contributed by atoms with van der Waals surface area (Å²) in [5.74, 6) is -0.0514. The SMILES string of the molecule is Cc1nn(C(C)C)c(C)c1NC(=O)CBr. The summed E-state index contributed by atoms with van der Waals surface area (Å²) in [6.45, 7) is 7.99. The highest BCUT2D eigenvalue weighted by molar-refractivity contribution is 9.09. The molecule has 0 aliphatic carbocycles. The van der Waals surface area contributed by atoms with Crippen LogP contribution in [0.4, 0.5) is 5.69 Å². The molecule has 0 radical (unpaired) electrons. The second kappa shape index (κ2) is 4.79. The Bertz CT molecular complexity index is 371. The number of hydrogen-bond acceptors (Lipinski definition) is 2.